The van der Waals surface area contributed by atoms with Crippen molar-refractivity contribution in [1.82, 2.24) is 0 Å². The number of nitrogens with zero attached hydrogens (tertiary/aromatic N) is 1. The SMILES string of the molecule is C=CCC(C(=O)O)C(c1ccccc1)C(C#N)c1cccc(Cl)c1. The van der Waals surface area contributed by atoms with Crippen LogP contribution in [0.25, 0.3) is 0 Å². The second-order valence-electron chi connectivity index (χ2n) is 5.57. The molecule has 2 rings (SSSR count). The monoisotopic (exact) mass is 339 g/mol. The Morgan fingerprint density at radius 1 is 1.21 bits per heavy atom. The van der Waals surface area contributed by atoms with Crippen LogP contribution in [-0.4, -0.2) is 11.1 Å². The Balaban J connectivity index is 2.57. The average Bonchev–Trinajstić information content (AvgIpc) is 2.58. The van der Waals surface area contributed by atoms with Gasteiger partial charge in [-0.25, -0.2) is 0 Å². The number of hydrogen-bond acceptors (Lipinski definition) is 2. The number of carboxylic acid groups (broad SMARTS) is 1. The average molecular weight is 340 g/mol. The largest absolute Gasteiger partial charge is 0.481 e. The zero-order valence-corrected chi connectivity index (χ0v) is 13.9. The van der Waals surface area contributed by atoms with Gasteiger partial charge < -0.3 is 5.11 Å². The van der Waals surface area contributed by atoms with Gasteiger partial charge in [0.2, 0.25) is 0 Å². The van der Waals surface area contributed by atoms with E-state index in [1.54, 1.807) is 24.3 Å². The lowest BCUT2D eigenvalue weighted by atomic mass is 9.73. The summed E-state index contributed by atoms with van der Waals surface area (Å²) < 4.78 is 0. The van der Waals surface area contributed by atoms with Gasteiger partial charge in [0.25, 0.3) is 0 Å². The zero-order valence-electron chi connectivity index (χ0n) is 13.1. The number of hydrogen-bond donors (Lipinski definition) is 1. The van der Waals surface area contributed by atoms with E-state index in [2.05, 4.69) is 12.6 Å². The number of carboxylic acids is 1. The maximum atomic E-state index is 11.8. The summed E-state index contributed by atoms with van der Waals surface area (Å²) in [5.74, 6) is -2.79. The highest BCUT2D eigenvalue weighted by Crippen LogP contribution is 2.40. The Morgan fingerprint density at radius 2 is 1.88 bits per heavy atom. The first-order chi connectivity index (χ1) is 11.6. The van der Waals surface area contributed by atoms with Crippen LogP contribution < -0.4 is 0 Å². The molecule has 0 spiro atoms. The van der Waals surface area contributed by atoms with Crippen LogP contribution in [0.15, 0.2) is 67.3 Å². The molecule has 0 aromatic heterocycles. The van der Waals surface area contributed by atoms with Gasteiger partial charge in [-0.15, -0.1) is 6.58 Å². The van der Waals surface area contributed by atoms with Gasteiger partial charge in [-0.3, -0.25) is 4.79 Å². The first kappa shape index (κ1) is 17.8. The molecule has 0 heterocycles. The van der Waals surface area contributed by atoms with Crippen LogP contribution in [0.1, 0.15) is 29.4 Å². The fraction of sp³-hybridized carbons (Fsp3) is 0.200. The molecule has 0 saturated carbocycles. The first-order valence-corrected chi connectivity index (χ1v) is 8.00. The lowest BCUT2D eigenvalue weighted by molar-refractivity contribution is -0.142. The van der Waals surface area contributed by atoms with Crippen molar-refractivity contribution in [2.75, 3.05) is 0 Å². The molecule has 3 nitrogen and oxygen atoms in total. The molecule has 0 fully saturated rings. The van der Waals surface area contributed by atoms with Crippen LogP contribution in [0.4, 0.5) is 0 Å². The molecule has 0 aliphatic rings. The number of halogens is 1. The first-order valence-electron chi connectivity index (χ1n) is 7.62. The zero-order chi connectivity index (χ0) is 17.5. The molecular weight excluding hydrogens is 322 g/mol. The number of aliphatic carboxylic acids is 1. The van der Waals surface area contributed by atoms with E-state index < -0.39 is 23.7 Å². The van der Waals surface area contributed by atoms with E-state index in [-0.39, 0.29) is 6.42 Å². The number of rotatable bonds is 7. The molecule has 122 valence electrons. The van der Waals surface area contributed by atoms with Crippen molar-refractivity contribution in [1.29, 1.82) is 5.26 Å². The molecule has 2 aromatic carbocycles. The maximum Gasteiger partial charge on any atom is 0.307 e. The highest BCUT2D eigenvalue weighted by molar-refractivity contribution is 6.30. The van der Waals surface area contributed by atoms with E-state index >= 15 is 0 Å². The summed E-state index contributed by atoms with van der Waals surface area (Å²) >= 11 is 6.06. The third-order valence-electron chi connectivity index (χ3n) is 4.06. The second-order valence-corrected chi connectivity index (χ2v) is 6.00. The van der Waals surface area contributed by atoms with Crippen LogP contribution in [0.2, 0.25) is 5.02 Å². The van der Waals surface area contributed by atoms with E-state index in [1.165, 1.54) is 0 Å². The van der Waals surface area contributed by atoms with Gasteiger partial charge in [0.15, 0.2) is 0 Å². The van der Waals surface area contributed by atoms with Crippen LogP contribution in [-0.2, 0) is 4.79 Å². The predicted molar refractivity (Wildman–Crippen MR) is 94.9 cm³/mol. The van der Waals surface area contributed by atoms with Crippen molar-refractivity contribution >= 4 is 17.6 Å². The fourth-order valence-corrected chi connectivity index (χ4v) is 3.17. The van der Waals surface area contributed by atoms with E-state index in [4.69, 9.17) is 11.6 Å². The standard InChI is InChI=1S/C20H18ClNO2/c1-2-7-17(20(23)24)19(14-8-4-3-5-9-14)18(13-22)15-10-6-11-16(21)12-15/h2-6,8-12,17-19H,1,7H2,(H,23,24). The van der Waals surface area contributed by atoms with Crippen LogP contribution in [0.3, 0.4) is 0 Å². The Kier molecular flexibility index (Phi) is 6.17. The summed E-state index contributed by atoms with van der Waals surface area (Å²) in [7, 11) is 0. The summed E-state index contributed by atoms with van der Waals surface area (Å²) in [6.07, 6.45) is 1.87. The summed E-state index contributed by atoms with van der Waals surface area (Å²) in [4.78, 5) is 11.8. The summed E-state index contributed by atoms with van der Waals surface area (Å²) in [6, 6.07) is 18.6. The molecule has 0 aliphatic carbocycles. The van der Waals surface area contributed by atoms with Gasteiger partial charge in [-0.05, 0) is 29.7 Å². The van der Waals surface area contributed by atoms with Crippen molar-refractivity contribution in [3.8, 4) is 6.07 Å². The topological polar surface area (TPSA) is 61.1 Å². The fourth-order valence-electron chi connectivity index (χ4n) is 2.98. The molecule has 0 amide bonds. The quantitative estimate of drug-likeness (QED) is 0.721. The highest BCUT2D eigenvalue weighted by atomic mass is 35.5. The van der Waals surface area contributed by atoms with Crippen molar-refractivity contribution in [2.45, 2.75) is 18.3 Å². The predicted octanol–water partition coefficient (Wildman–Crippen LogP) is 5.01. The molecule has 24 heavy (non-hydrogen) atoms. The van der Waals surface area contributed by atoms with Crippen molar-refractivity contribution in [2.24, 2.45) is 5.92 Å². The Hall–Kier alpha value is -2.57. The number of nitriles is 1. The summed E-state index contributed by atoms with van der Waals surface area (Å²) in [5.41, 5.74) is 1.53. The third kappa shape index (κ3) is 4.04. The Bertz CT molecular complexity index is 752. The van der Waals surface area contributed by atoms with Gasteiger partial charge in [-0.2, -0.15) is 5.26 Å². The van der Waals surface area contributed by atoms with Gasteiger partial charge in [0.1, 0.15) is 0 Å². The maximum absolute atomic E-state index is 11.8. The highest BCUT2D eigenvalue weighted by Gasteiger charge is 2.35. The van der Waals surface area contributed by atoms with Crippen LogP contribution in [0, 0.1) is 17.2 Å². The minimum atomic E-state index is -0.939. The van der Waals surface area contributed by atoms with E-state index in [9.17, 15) is 15.2 Å². The molecule has 3 atom stereocenters. The minimum absolute atomic E-state index is 0.285. The smallest absolute Gasteiger partial charge is 0.307 e. The lowest BCUT2D eigenvalue weighted by Crippen LogP contribution is -2.26. The van der Waals surface area contributed by atoms with Gasteiger partial charge in [0, 0.05) is 10.9 Å². The number of benzene rings is 2. The molecule has 0 bridgehead atoms. The molecule has 0 saturated heterocycles. The van der Waals surface area contributed by atoms with Crippen LogP contribution in [0.5, 0.6) is 0 Å². The normalized spacial score (nSPS) is 14.2. The lowest BCUT2D eigenvalue weighted by Gasteiger charge is -2.28. The van der Waals surface area contributed by atoms with Crippen molar-refractivity contribution in [3.05, 3.63) is 83.4 Å². The summed E-state index contributed by atoms with van der Waals surface area (Å²) in [5, 5.41) is 20.0. The molecule has 2 aromatic rings. The molecule has 0 aliphatic heterocycles. The van der Waals surface area contributed by atoms with Crippen LogP contribution >= 0.6 is 11.6 Å². The van der Waals surface area contributed by atoms with E-state index in [1.807, 2.05) is 36.4 Å². The molecule has 3 unspecified atom stereocenters. The number of allylic oxidation sites excluding steroid dienone is 1. The molecule has 4 heteroatoms. The van der Waals surface area contributed by atoms with Crippen molar-refractivity contribution < 1.29 is 9.90 Å². The number of carbonyl (C=O) groups is 1. The minimum Gasteiger partial charge on any atom is -0.481 e. The van der Waals surface area contributed by atoms with Gasteiger partial charge >= 0.3 is 5.97 Å². The van der Waals surface area contributed by atoms with E-state index in [0.29, 0.717) is 10.6 Å². The Morgan fingerprint density at radius 3 is 2.42 bits per heavy atom. The van der Waals surface area contributed by atoms with Crippen molar-refractivity contribution in [3.63, 3.8) is 0 Å². The molecule has 1 N–H and O–H groups in total. The van der Waals surface area contributed by atoms with Gasteiger partial charge in [0.05, 0.1) is 17.9 Å². The van der Waals surface area contributed by atoms with Gasteiger partial charge in [-0.1, -0.05) is 60.1 Å². The Labute approximate surface area is 146 Å². The second kappa shape index (κ2) is 8.33. The molecular formula is C20H18ClNO2. The summed E-state index contributed by atoms with van der Waals surface area (Å²) in [6.45, 7) is 3.66. The van der Waals surface area contributed by atoms with E-state index in [0.717, 1.165) is 5.56 Å². The third-order valence-corrected chi connectivity index (χ3v) is 4.30. The molecule has 0 radical (unpaired) electrons.